The molecule has 1 nitrogen and oxygen atoms in total. The summed E-state index contributed by atoms with van der Waals surface area (Å²) in [5.41, 5.74) is 14.3. The zero-order valence-corrected chi connectivity index (χ0v) is 28.7. The van der Waals surface area contributed by atoms with Gasteiger partial charge in [0.15, 0.2) is 0 Å². The fourth-order valence-corrected chi connectivity index (χ4v) is 6.76. The van der Waals surface area contributed by atoms with Gasteiger partial charge in [0.25, 0.3) is 0 Å². The first-order chi connectivity index (χ1) is 21.0. The number of nitrogens with one attached hydrogen (secondary N) is 1. The van der Waals surface area contributed by atoms with Gasteiger partial charge in [-0.05, 0) is 110 Å². The minimum absolute atomic E-state index is 0.229. The van der Waals surface area contributed by atoms with E-state index in [0.29, 0.717) is 0 Å². The SMILES string of the molecule is C=C/C(=C\C/C=C(\C)C(C)(C)CC)Sc1cccc2c1CC(=C)CCC1=C(C/C(Nc3ccc(C)cc3C)=C/CC=C1)C2=C. The summed E-state index contributed by atoms with van der Waals surface area (Å²) >= 11 is 1.81. The van der Waals surface area contributed by atoms with Crippen LogP contribution in [0.4, 0.5) is 5.69 Å². The van der Waals surface area contributed by atoms with Gasteiger partial charge in [-0.1, -0.05) is 130 Å². The van der Waals surface area contributed by atoms with E-state index >= 15 is 0 Å². The Balaban J connectivity index is 1.68. The standard InChI is InChI=1S/C42H51NS/c1-10-36(19-14-16-32(6)42(8,9)11-2)44-41-21-15-20-37-33(7)38-28-35(43-40-25-23-29(3)26-31(40)5)18-13-12-17-34(38)24-22-30(4)27-39(37)41/h10,12,15-21,23,25-26,43H,1,4,7,11,13-14,22,24,27-28H2,2-3,5-6,8-9H3/b17-12?,32-16+,35-18-,36-19+,38-34?. The highest BCUT2D eigenvalue weighted by molar-refractivity contribution is 8.03. The van der Waals surface area contributed by atoms with Crippen LogP contribution in [-0.2, 0) is 6.42 Å². The van der Waals surface area contributed by atoms with E-state index in [1.54, 1.807) is 0 Å². The van der Waals surface area contributed by atoms with Gasteiger partial charge in [0.05, 0.1) is 0 Å². The molecule has 0 spiro atoms. The Kier molecular flexibility index (Phi) is 11.4. The predicted molar refractivity (Wildman–Crippen MR) is 197 cm³/mol. The molecule has 0 amide bonds. The van der Waals surface area contributed by atoms with Crippen molar-refractivity contribution in [1.82, 2.24) is 0 Å². The molecule has 0 atom stereocenters. The maximum Gasteiger partial charge on any atom is 0.0411 e. The molecule has 0 aromatic heterocycles. The Morgan fingerprint density at radius 1 is 1.05 bits per heavy atom. The maximum absolute atomic E-state index is 4.76. The van der Waals surface area contributed by atoms with Crippen LogP contribution in [0.15, 0.2) is 130 Å². The smallest absolute Gasteiger partial charge is 0.0411 e. The molecule has 44 heavy (non-hydrogen) atoms. The van der Waals surface area contributed by atoms with E-state index < -0.39 is 0 Å². The Labute approximate surface area is 272 Å². The van der Waals surface area contributed by atoms with Crippen molar-refractivity contribution < 1.29 is 0 Å². The van der Waals surface area contributed by atoms with Crippen molar-refractivity contribution >= 4 is 23.0 Å². The largest absolute Gasteiger partial charge is 0.359 e. The highest BCUT2D eigenvalue weighted by atomic mass is 32.2. The van der Waals surface area contributed by atoms with Crippen LogP contribution in [0, 0.1) is 19.3 Å². The van der Waals surface area contributed by atoms with Crippen LogP contribution < -0.4 is 5.32 Å². The third-order valence-corrected chi connectivity index (χ3v) is 10.5. The fraction of sp³-hybridized carbons (Fsp3) is 0.333. The molecule has 2 aromatic carbocycles. The molecule has 2 aliphatic carbocycles. The van der Waals surface area contributed by atoms with Crippen molar-refractivity contribution in [3.05, 3.63) is 148 Å². The third kappa shape index (κ3) is 8.36. The molecule has 2 aromatic rings. The number of fused-ring (bicyclic) bond motifs is 1. The van der Waals surface area contributed by atoms with E-state index in [-0.39, 0.29) is 5.41 Å². The molecule has 2 heteroatoms. The van der Waals surface area contributed by atoms with Crippen molar-refractivity contribution in [2.24, 2.45) is 5.41 Å². The second-order valence-corrected chi connectivity index (χ2v) is 14.1. The summed E-state index contributed by atoms with van der Waals surface area (Å²) in [7, 11) is 0. The lowest BCUT2D eigenvalue weighted by Crippen LogP contribution is -2.10. The lowest BCUT2D eigenvalue weighted by atomic mass is 9.82. The Morgan fingerprint density at radius 3 is 2.57 bits per heavy atom. The van der Waals surface area contributed by atoms with Gasteiger partial charge in [-0.25, -0.2) is 0 Å². The van der Waals surface area contributed by atoms with Crippen molar-refractivity contribution in [3.8, 4) is 0 Å². The van der Waals surface area contributed by atoms with Crippen molar-refractivity contribution in [2.45, 2.75) is 91.4 Å². The third-order valence-electron chi connectivity index (χ3n) is 9.37. The van der Waals surface area contributed by atoms with E-state index in [0.717, 1.165) is 50.5 Å². The van der Waals surface area contributed by atoms with E-state index in [1.807, 2.05) is 17.8 Å². The first-order valence-electron chi connectivity index (χ1n) is 16.1. The topological polar surface area (TPSA) is 12.0 Å². The monoisotopic (exact) mass is 601 g/mol. The summed E-state index contributed by atoms with van der Waals surface area (Å²) in [5, 5.41) is 3.77. The second kappa shape index (κ2) is 15.0. The van der Waals surface area contributed by atoms with Crippen LogP contribution in [0.2, 0.25) is 0 Å². The van der Waals surface area contributed by atoms with Gasteiger partial charge in [0, 0.05) is 27.6 Å². The summed E-state index contributed by atoms with van der Waals surface area (Å²) in [5.74, 6) is 0. The molecule has 0 radical (unpaired) electrons. The number of allylic oxidation sites excluding steroid dienone is 11. The van der Waals surface area contributed by atoms with E-state index in [2.05, 4.69) is 127 Å². The molecule has 0 aliphatic heterocycles. The Morgan fingerprint density at radius 2 is 1.84 bits per heavy atom. The number of thioether (sulfide) groups is 1. The summed E-state index contributed by atoms with van der Waals surface area (Å²) in [6.45, 7) is 26.9. The van der Waals surface area contributed by atoms with Crippen molar-refractivity contribution in [2.75, 3.05) is 5.32 Å². The molecule has 0 saturated heterocycles. The summed E-state index contributed by atoms with van der Waals surface area (Å²) in [6.07, 6.45) is 20.2. The minimum atomic E-state index is 0.229. The molecule has 1 N–H and O–H groups in total. The van der Waals surface area contributed by atoms with E-state index in [1.165, 1.54) is 65.7 Å². The number of hydrogen-bond acceptors (Lipinski definition) is 2. The van der Waals surface area contributed by atoms with Crippen LogP contribution in [-0.4, -0.2) is 0 Å². The molecule has 0 unspecified atom stereocenters. The highest BCUT2D eigenvalue weighted by Gasteiger charge is 2.22. The fourth-order valence-electron chi connectivity index (χ4n) is 5.79. The van der Waals surface area contributed by atoms with Gasteiger partial charge in [0.2, 0.25) is 0 Å². The zero-order chi connectivity index (χ0) is 31.9. The molecule has 2 aliphatic rings. The van der Waals surface area contributed by atoms with Crippen LogP contribution in [0.25, 0.3) is 5.57 Å². The number of benzene rings is 2. The summed E-state index contributed by atoms with van der Waals surface area (Å²) in [4.78, 5) is 2.45. The van der Waals surface area contributed by atoms with Crippen molar-refractivity contribution in [3.63, 3.8) is 0 Å². The normalized spacial score (nSPS) is 17.8. The molecule has 230 valence electrons. The van der Waals surface area contributed by atoms with Gasteiger partial charge in [-0.2, -0.15) is 0 Å². The summed E-state index contributed by atoms with van der Waals surface area (Å²) in [6, 6.07) is 13.3. The van der Waals surface area contributed by atoms with Gasteiger partial charge < -0.3 is 5.32 Å². The van der Waals surface area contributed by atoms with Gasteiger partial charge >= 0.3 is 0 Å². The van der Waals surface area contributed by atoms with E-state index in [4.69, 9.17) is 6.58 Å². The molecule has 0 fully saturated rings. The molecule has 0 saturated carbocycles. The Bertz CT molecular complexity index is 1580. The molecule has 0 heterocycles. The molecule has 4 rings (SSSR count). The minimum Gasteiger partial charge on any atom is -0.359 e. The lowest BCUT2D eigenvalue weighted by Gasteiger charge is -2.23. The van der Waals surface area contributed by atoms with Crippen molar-refractivity contribution in [1.29, 1.82) is 0 Å². The molecular weight excluding hydrogens is 551 g/mol. The number of hydrogen-bond donors (Lipinski definition) is 1. The number of rotatable bonds is 9. The number of aryl methyl sites for hydroxylation is 2. The predicted octanol–water partition coefficient (Wildman–Crippen LogP) is 12.8. The first kappa shape index (κ1) is 33.4. The van der Waals surface area contributed by atoms with Gasteiger partial charge in [0.1, 0.15) is 0 Å². The first-order valence-corrected chi connectivity index (χ1v) is 16.9. The highest BCUT2D eigenvalue weighted by Crippen LogP contribution is 2.42. The average Bonchev–Trinajstić information content (AvgIpc) is 3.02. The van der Waals surface area contributed by atoms with Crippen LogP contribution in [0.3, 0.4) is 0 Å². The average molecular weight is 602 g/mol. The number of anilines is 1. The molecule has 0 bridgehead atoms. The zero-order valence-electron chi connectivity index (χ0n) is 27.9. The van der Waals surface area contributed by atoms with Crippen LogP contribution in [0.1, 0.15) is 88.5 Å². The Hall–Kier alpha value is -3.49. The maximum atomic E-state index is 4.76. The molecular formula is C42H51NS. The van der Waals surface area contributed by atoms with Gasteiger partial charge in [-0.15, -0.1) is 0 Å². The van der Waals surface area contributed by atoms with E-state index in [9.17, 15) is 0 Å². The van der Waals surface area contributed by atoms with Crippen LogP contribution in [0.5, 0.6) is 0 Å². The van der Waals surface area contributed by atoms with Gasteiger partial charge in [-0.3, -0.25) is 0 Å². The van der Waals surface area contributed by atoms with Crippen LogP contribution >= 0.6 is 11.8 Å². The lowest BCUT2D eigenvalue weighted by molar-refractivity contribution is 0.428. The summed E-state index contributed by atoms with van der Waals surface area (Å²) < 4.78 is 0. The quantitative estimate of drug-likeness (QED) is 0.174. The second-order valence-electron chi connectivity index (χ2n) is 13.0.